The van der Waals surface area contributed by atoms with Gasteiger partial charge in [-0.2, -0.15) is 0 Å². The van der Waals surface area contributed by atoms with Crippen molar-refractivity contribution in [3.63, 3.8) is 0 Å². The standard InChI is InChI=1S/C24H31N3O5S/c1-4-27(19-11-7-5-8-12-19)23(28)18-32-24(29)21-17-20(33(30,31)25(2)3)13-14-22(21)26-15-9-6-10-16-26/h5,7-8,11-14,17H,4,6,9-10,15-16,18H2,1-3H3. The van der Waals surface area contributed by atoms with Crippen molar-refractivity contribution >= 4 is 33.3 Å². The number of amides is 1. The van der Waals surface area contributed by atoms with Crippen molar-refractivity contribution in [2.45, 2.75) is 31.1 Å². The summed E-state index contributed by atoms with van der Waals surface area (Å²) in [7, 11) is -0.857. The van der Waals surface area contributed by atoms with E-state index in [4.69, 9.17) is 4.74 Å². The second-order valence-electron chi connectivity index (χ2n) is 8.06. The highest BCUT2D eigenvalue weighted by atomic mass is 32.2. The summed E-state index contributed by atoms with van der Waals surface area (Å²) in [5.74, 6) is -1.07. The molecule has 2 aromatic carbocycles. The van der Waals surface area contributed by atoms with E-state index in [1.807, 2.05) is 37.3 Å². The molecule has 0 spiro atoms. The highest BCUT2D eigenvalue weighted by Crippen LogP contribution is 2.28. The molecule has 0 aliphatic carbocycles. The lowest BCUT2D eigenvalue weighted by Crippen LogP contribution is -2.35. The number of sulfonamides is 1. The van der Waals surface area contributed by atoms with Gasteiger partial charge in [0, 0.05) is 39.4 Å². The molecule has 0 saturated carbocycles. The molecule has 1 heterocycles. The number of anilines is 2. The van der Waals surface area contributed by atoms with Gasteiger partial charge in [0.25, 0.3) is 5.91 Å². The van der Waals surface area contributed by atoms with Crippen LogP contribution < -0.4 is 9.80 Å². The zero-order chi connectivity index (χ0) is 24.0. The molecule has 33 heavy (non-hydrogen) atoms. The molecule has 0 atom stereocenters. The summed E-state index contributed by atoms with van der Waals surface area (Å²) in [4.78, 5) is 29.4. The van der Waals surface area contributed by atoms with Crippen molar-refractivity contribution in [3.8, 4) is 0 Å². The quantitative estimate of drug-likeness (QED) is 0.548. The molecule has 1 aliphatic rings. The maximum atomic E-state index is 13.1. The van der Waals surface area contributed by atoms with Gasteiger partial charge in [0.1, 0.15) is 0 Å². The SMILES string of the molecule is CCN(C(=O)COC(=O)c1cc(S(=O)(=O)N(C)C)ccc1N1CCCCC1)c1ccccc1. The summed E-state index contributed by atoms with van der Waals surface area (Å²) < 4.78 is 31.8. The molecule has 0 N–H and O–H groups in total. The van der Waals surface area contributed by atoms with Gasteiger partial charge in [-0.1, -0.05) is 18.2 Å². The first kappa shape index (κ1) is 24.7. The monoisotopic (exact) mass is 473 g/mol. The number of ether oxygens (including phenoxy) is 1. The van der Waals surface area contributed by atoms with E-state index < -0.39 is 22.6 Å². The largest absolute Gasteiger partial charge is 0.452 e. The molecule has 1 fully saturated rings. The maximum Gasteiger partial charge on any atom is 0.340 e. The van der Waals surface area contributed by atoms with E-state index in [1.165, 1.54) is 31.1 Å². The number of para-hydroxylation sites is 1. The Labute approximate surface area is 195 Å². The first-order valence-corrected chi connectivity index (χ1v) is 12.5. The van der Waals surface area contributed by atoms with Crippen molar-refractivity contribution in [1.29, 1.82) is 0 Å². The summed E-state index contributed by atoms with van der Waals surface area (Å²) in [6.07, 6.45) is 3.10. The topological polar surface area (TPSA) is 87.2 Å². The Morgan fingerprint density at radius 1 is 1.00 bits per heavy atom. The lowest BCUT2D eigenvalue weighted by molar-refractivity contribution is -0.121. The minimum absolute atomic E-state index is 0.00556. The van der Waals surface area contributed by atoms with Crippen LogP contribution in [0.5, 0.6) is 0 Å². The van der Waals surface area contributed by atoms with E-state index in [1.54, 1.807) is 6.07 Å². The van der Waals surface area contributed by atoms with Crippen LogP contribution in [0.1, 0.15) is 36.5 Å². The van der Waals surface area contributed by atoms with E-state index in [-0.39, 0.29) is 16.4 Å². The average Bonchev–Trinajstić information content (AvgIpc) is 2.83. The first-order chi connectivity index (χ1) is 15.8. The van der Waals surface area contributed by atoms with Gasteiger partial charge >= 0.3 is 5.97 Å². The van der Waals surface area contributed by atoms with Gasteiger partial charge in [0.15, 0.2) is 6.61 Å². The Morgan fingerprint density at radius 2 is 1.67 bits per heavy atom. The van der Waals surface area contributed by atoms with Gasteiger partial charge in [-0.05, 0) is 56.5 Å². The molecule has 9 heteroatoms. The first-order valence-electron chi connectivity index (χ1n) is 11.1. The molecule has 0 radical (unpaired) electrons. The lowest BCUT2D eigenvalue weighted by Gasteiger charge is -2.30. The molecule has 1 amide bonds. The molecular weight excluding hydrogens is 442 g/mol. The molecular formula is C24H31N3O5S. The average molecular weight is 474 g/mol. The van der Waals surface area contributed by atoms with E-state index in [2.05, 4.69) is 4.90 Å². The van der Waals surface area contributed by atoms with E-state index in [0.717, 1.165) is 36.7 Å². The van der Waals surface area contributed by atoms with Crippen LogP contribution in [-0.2, 0) is 19.6 Å². The Morgan fingerprint density at radius 3 is 2.27 bits per heavy atom. The summed E-state index contributed by atoms with van der Waals surface area (Å²) >= 11 is 0. The number of likely N-dealkylation sites (N-methyl/N-ethyl adjacent to an activating group) is 1. The number of hydrogen-bond acceptors (Lipinski definition) is 6. The number of rotatable bonds is 8. The number of esters is 1. The van der Waals surface area contributed by atoms with Gasteiger partial charge in [0.05, 0.1) is 16.1 Å². The predicted octanol–water partition coefficient (Wildman–Crippen LogP) is 3.14. The van der Waals surface area contributed by atoms with Crippen molar-refractivity contribution in [2.24, 2.45) is 0 Å². The molecule has 1 saturated heterocycles. The van der Waals surface area contributed by atoms with Crippen LogP contribution in [0.4, 0.5) is 11.4 Å². The van der Waals surface area contributed by atoms with Crippen LogP contribution >= 0.6 is 0 Å². The van der Waals surface area contributed by atoms with Crippen molar-refractivity contribution < 1.29 is 22.7 Å². The van der Waals surface area contributed by atoms with Gasteiger partial charge < -0.3 is 14.5 Å². The maximum absolute atomic E-state index is 13.1. The molecule has 178 valence electrons. The van der Waals surface area contributed by atoms with E-state index in [0.29, 0.717) is 17.9 Å². The second-order valence-corrected chi connectivity index (χ2v) is 10.2. The Bertz CT molecular complexity index is 1080. The fraction of sp³-hybridized carbons (Fsp3) is 0.417. The van der Waals surface area contributed by atoms with Gasteiger partial charge in [-0.25, -0.2) is 17.5 Å². The van der Waals surface area contributed by atoms with Crippen LogP contribution in [-0.4, -0.2) is 64.9 Å². The number of carbonyl (C=O) groups excluding carboxylic acids is 2. The molecule has 0 unspecified atom stereocenters. The molecule has 3 rings (SSSR count). The minimum atomic E-state index is -3.73. The second kappa shape index (κ2) is 10.8. The summed E-state index contributed by atoms with van der Waals surface area (Å²) in [6.45, 7) is 3.38. The van der Waals surface area contributed by atoms with Crippen molar-refractivity contribution in [2.75, 3.05) is 50.1 Å². The highest BCUT2D eigenvalue weighted by molar-refractivity contribution is 7.89. The normalized spacial score (nSPS) is 14.2. The van der Waals surface area contributed by atoms with Crippen LogP contribution in [0, 0.1) is 0 Å². The van der Waals surface area contributed by atoms with Gasteiger partial charge in [-0.15, -0.1) is 0 Å². The summed E-state index contributed by atoms with van der Waals surface area (Å²) in [5.41, 5.74) is 1.49. The molecule has 0 aromatic heterocycles. The number of piperidine rings is 1. The number of hydrogen-bond donors (Lipinski definition) is 0. The molecule has 0 bridgehead atoms. The third-order valence-electron chi connectivity index (χ3n) is 5.68. The predicted molar refractivity (Wildman–Crippen MR) is 128 cm³/mol. The number of nitrogens with zero attached hydrogens (tertiary/aromatic N) is 3. The highest BCUT2D eigenvalue weighted by Gasteiger charge is 2.26. The smallest absolute Gasteiger partial charge is 0.340 e. The van der Waals surface area contributed by atoms with Gasteiger partial charge in [-0.3, -0.25) is 4.79 Å². The zero-order valence-corrected chi connectivity index (χ0v) is 20.2. The fourth-order valence-electron chi connectivity index (χ4n) is 3.85. The van der Waals surface area contributed by atoms with Crippen molar-refractivity contribution in [1.82, 2.24) is 4.31 Å². The van der Waals surface area contributed by atoms with Crippen LogP contribution in [0.15, 0.2) is 53.4 Å². The Balaban J connectivity index is 1.85. The Hall–Kier alpha value is -2.91. The Kier molecular flexibility index (Phi) is 8.10. The fourth-order valence-corrected chi connectivity index (χ4v) is 4.78. The molecule has 8 nitrogen and oxygen atoms in total. The van der Waals surface area contributed by atoms with Gasteiger partial charge in [0.2, 0.25) is 10.0 Å². The summed E-state index contributed by atoms with van der Waals surface area (Å²) in [6, 6.07) is 13.7. The van der Waals surface area contributed by atoms with E-state index in [9.17, 15) is 18.0 Å². The minimum Gasteiger partial charge on any atom is -0.452 e. The number of benzene rings is 2. The third-order valence-corrected chi connectivity index (χ3v) is 7.49. The number of carbonyl (C=O) groups is 2. The zero-order valence-electron chi connectivity index (χ0n) is 19.4. The third kappa shape index (κ3) is 5.72. The van der Waals surface area contributed by atoms with Crippen LogP contribution in [0.25, 0.3) is 0 Å². The molecule has 1 aliphatic heterocycles. The lowest BCUT2D eigenvalue weighted by atomic mass is 10.1. The molecule has 2 aromatic rings. The summed E-state index contributed by atoms with van der Waals surface area (Å²) in [5, 5.41) is 0. The van der Waals surface area contributed by atoms with Crippen molar-refractivity contribution in [3.05, 3.63) is 54.1 Å². The van der Waals surface area contributed by atoms with E-state index >= 15 is 0 Å². The van der Waals surface area contributed by atoms with Crippen LogP contribution in [0.3, 0.4) is 0 Å². The van der Waals surface area contributed by atoms with Crippen LogP contribution in [0.2, 0.25) is 0 Å².